The highest BCUT2D eigenvalue weighted by Gasteiger charge is 2.39. The molecule has 1 aromatic rings. The highest BCUT2D eigenvalue weighted by molar-refractivity contribution is 9.11. The van der Waals surface area contributed by atoms with Gasteiger partial charge >= 0.3 is 0 Å². The van der Waals surface area contributed by atoms with E-state index in [0.717, 1.165) is 32.7 Å². The first-order valence-corrected chi connectivity index (χ1v) is 9.30. The summed E-state index contributed by atoms with van der Waals surface area (Å²) in [5, 5.41) is 0. The van der Waals surface area contributed by atoms with E-state index in [1.807, 2.05) is 4.90 Å². The van der Waals surface area contributed by atoms with Gasteiger partial charge < -0.3 is 15.4 Å². The Morgan fingerprint density at radius 3 is 2.38 bits per heavy atom. The minimum atomic E-state index is -0.709. The van der Waals surface area contributed by atoms with E-state index in [-0.39, 0.29) is 30.7 Å². The molecule has 9 heteroatoms. The van der Waals surface area contributed by atoms with Gasteiger partial charge in [0.2, 0.25) is 5.91 Å². The number of thiophene rings is 1. The molecule has 138 valence electrons. The second kappa shape index (κ2) is 9.71. The number of rotatable bonds is 3. The Labute approximate surface area is 167 Å². The van der Waals surface area contributed by atoms with Gasteiger partial charge in [-0.1, -0.05) is 0 Å². The molecule has 0 saturated carbocycles. The Morgan fingerprint density at radius 2 is 1.83 bits per heavy atom. The molecule has 2 N–H and O–H groups in total. The second-order valence-electron chi connectivity index (χ2n) is 6.04. The van der Waals surface area contributed by atoms with Crippen molar-refractivity contribution in [1.29, 1.82) is 0 Å². The molecule has 0 aromatic carbocycles. The fourth-order valence-electron chi connectivity index (χ4n) is 3.03. The summed E-state index contributed by atoms with van der Waals surface area (Å²) in [5.41, 5.74) is 5.60. The summed E-state index contributed by atoms with van der Waals surface area (Å²) in [6, 6.07) is 4.24. The third-order valence-electron chi connectivity index (χ3n) is 4.48. The Bertz CT molecular complexity index is 533. The van der Waals surface area contributed by atoms with Crippen LogP contribution in [0.15, 0.2) is 15.9 Å². The predicted octanol–water partition coefficient (Wildman–Crippen LogP) is 2.51. The molecule has 0 aliphatic carbocycles. The van der Waals surface area contributed by atoms with E-state index in [9.17, 15) is 4.79 Å². The van der Waals surface area contributed by atoms with Gasteiger partial charge in [0.15, 0.2) is 0 Å². The largest absolute Gasteiger partial charge is 0.381 e. The van der Waals surface area contributed by atoms with Gasteiger partial charge in [0.25, 0.3) is 0 Å². The average molecular weight is 461 g/mol. The molecule has 2 fully saturated rings. The lowest BCUT2D eigenvalue weighted by Gasteiger charge is -2.40. The Hall–Kier alpha value is 0.110. The van der Waals surface area contributed by atoms with E-state index in [0.29, 0.717) is 26.1 Å². The summed E-state index contributed by atoms with van der Waals surface area (Å²) in [6.45, 7) is 5.50. The van der Waals surface area contributed by atoms with Crippen LogP contribution in [0.2, 0.25) is 0 Å². The molecule has 1 amide bonds. The van der Waals surface area contributed by atoms with Crippen LogP contribution >= 0.6 is 52.1 Å². The summed E-state index contributed by atoms with van der Waals surface area (Å²) < 4.78 is 6.49. The standard InChI is InChI=1S/C15H22BrN3O2S.2ClH/c16-13-2-1-12(22-13)11-18-5-7-19(8-6-18)14(20)15(17)3-9-21-10-4-15;;/h1-2H,3-11,17H2;2*1H. The van der Waals surface area contributed by atoms with Gasteiger partial charge in [0.1, 0.15) is 0 Å². The fourth-order valence-corrected chi connectivity index (χ4v) is 4.56. The minimum Gasteiger partial charge on any atom is -0.381 e. The maximum Gasteiger partial charge on any atom is 0.242 e. The molecular weight excluding hydrogens is 437 g/mol. The third-order valence-corrected chi connectivity index (χ3v) is 6.09. The Balaban J connectivity index is 0.00000144. The van der Waals surface area contributed by atoms with E-state index >= 15 is 0 Å². The van der Waals surface area contributed by atoms with E-state index in [4.69, 9.17) is 10.5 Å². The van der Waals surface area contributed by atoms with Gasteiger partial charge in [0.05, 0.1) is 9.33 Å². The molecule has 3 heterocycles. The summed E-state index contributed by atoms with van der Waals surface area (Å²) in [6.07, 6.45) is 1.27. The van der Waals surface area contributed by atoms with E-state index in [1.165, 1.54) is 8.66 Å². The number of halogens is 3. The van der Waals surface area contributed by atoms with Crippen LogP contribution in [0.5, 0.6) is 0 Å². The van der Waals surface area contributed by atoms with Gasteiger partial charge in [-0.25, -0.2) is 0 Å². The molecular formula is C15H24BrCl2N3O2S. The van der Waals surface area contributed by atoms with Crippen LogP contribution in [-0.4, -0.2) is 60.6 Å². The van der Waals surface area contributed by atoms with Crippen molar-refractivity contribution in [3.63, 3.8) is 0 Å². The van der Waals surface area contributed by atoms with Crippen LogP contribution in [0.25, 0.3) is 0 Å². The molecule has 0 spiro atoms. The molecule has 2 aliphatic heterocycles. The maximum atomic E-state index is 12.7. The van der Waals surface area contributed by atoms with E-state index in [2.05, 4.69) is 33.0 Å². The van der Waals surface area contributed by atoms with Gasteiger partial charge in [-0.05, 0) is 40.9 Å². The van der Waals surface area contributed by atoms with Gasteiger partial charge in [0, 0.05) is 50.8 Å². The zero-order valence-corrected chi connectivity index (χ0v) is 17.4. The number of hydrogen-bond acceptors (Lipinski definition) is 5. The Kier molecular flexibility index (Phi) is 8.96. The summed E-state index contributed by atoms with van der Waals surface area (Å²) in [4.78, 5) is 18.4. The zero-order valence-electron chi connectivity index (χ0n) is 13.4. The second-order valence-corrected chi connectivity index (χ2v) is 8.59. The van der Waals surface area contributed by atoms with Crippen molar-refractivity contribution in [2.75, 3.05) is 39.4 Å². The van der Waals surface area contributed by atoms with Crippen molar-refractivity contribution in [3.05, 3.63) is 20.8 Å². The van der Waals surface area contributed by atoms with E-state index in [1.54, 1.807) is 11.3 Å². The smallest absolute Gasteiger partial charge is 0.242 e. The monoisotopic (exact) mass is 459 g/mol. The minimum absolute atomic E-state index is 0. The average Bonchev–Trinajstić information content (AvgIpc) is 2.93. The van der Waals surface area contributed by atoms with E-state index < -0.39 is 5.54 Å². The van der Waals surface area contributed by atoms with Crippen LogP contribution in [0.3, 0.4) is 0 Å². The number of ether oxygens (including phenoxy) is 1. The van der Waals surface area contributed by atoms with Crippen LogP contribution in [-0.2, 0) is 16.1 Å². The predicted molar refractivity (Wildman–Crippen MR) is 105 cm³/mol. The third kappa shape index (κ3) is 5.30. The molecule has 0 radical (unpaired) electrons. The summed E-state index contributed by atoms with van der Waals surface area (Å²) >= 11 is 5.27. The number of carbonyl (C=O) groups is 1. The molecule has 1 aromatic heterocycles. The summed E-state index contributed by atoms with van der Waals surface area (Å²) in [7, 11) is 0. The fraction of sp³-hybridized carbons (Fsp3) is 0.667. The molecule has 3 rings (SSSR count). The number of piperazine rings is 1. The molecule has 2 saturated heterocycles. The molecule has 5 nitrogen and oxygen atoms in total. The normalized spacial score (nSPS) is 20.8. The van der Waals surface area contributed by atoms with Gasteiger partial charge in [-0.3, -0.25) is 9.69 Å². The van der Waals surface area contributed by atoms with Crippen LogP contribution in [0, 0.1) is 0 Å². The van der Waals surface area contributed by atoms with Crippen molar-refractivity contribution >= 4 is 58.0 Å². The number of amides is 1. The SMILES string of the molecule is Cl.Cl.NC1(C(=O)N2CCN(Cc3ccc(Br)s3)CC2)CCOCC1. The quantitative estimate of drug-likeness (QED) is 0.752. The van der Waals surface area contributed by atoms with Crippen molar-refractivity contribution in [1.82, 2.24) is 9.80 Å². The van der Waals surface area contributed by atoms with Gasteiger partial charge in [-0.2, -0.15) is 0 Å². The number of nitrogens with zero attached hydrogens (tertiary/aromatic N) is 2. The van der Waals surface area contributed by atoms with Crippen molar-refractivity contribution < 1.29 is 9.53 Å². The summed E-state index contributed by atoms with van der Waals surface area (Å²) in [5.74, 6) is 0.106. The lowest BCUT2D eigenvalue weighted by Crippen LogP contribution is -2.61. The number of nitrogens with two attached hydrogens (primary N) is 1. The van der Waals surface area contributed by atoms with Crippen molar-refractivity contribution in [3.8, 4) is 0 Å². The van der Waals surface area contributed by atoms with Gasteiger partial charge in [-0.15, -0.1) is 36.2 Å². The highest BCUT2D eigenvalue weighted by atomic mass is 79.9. The first kappa shape index (κ1) is 22.2. The number of carbonyl (C=O) groups excluding carboxylic acids is 1. The van der Waals surface area contributed by atoms with Crippen LogP contribution in [0.4, 0.5) is 0 Å². The van der Waals surface area contributed by atoms with Crippen molar-refractivity contribution in [2.45, 2.75) is 24.9 Å². The molecule has 0 unspecified atom stereocenters. The molecule has 0 bridgehead atoms. The highest BCUT2D eigenvalue weighted by Crippen LogP contribution is 2.24. The lowest BCUT2D eigenvalue weighted by molar-refractivity contribution is -0.142. The number of hydrogen-bond donors (Lipinski definition) is 1. The lowest BCUT2D eigenvalue weighted by atomic mass is 9.89. The Morgan fingerprint density at radius 1 is 1.21 bits per heavy atom. The maximum absolute atomic E-state index is 12.7. The molecule has 0 atom stereocenters. The zero-order chi connectivity index (χ0) is 15.6. The topological polar surface area (TPSA) is 58.8 Å². The molecule has 24 heavy (non-hydrogen) atoms. The van der Waals surface area contributed by atoms with Crippen LogP contribution in [0.1, 0.15) is 17.7 Å². The first-order valence-electron chi connectivity index (χ1n) is 7.69. The van der Waals surface area contributed by atoms with Crippen molar-refractivity contribution in [2.24, 2.45) is 5.73 Å². The van der Waals surface area contributed by atoms with Crippen LogP contribution < -0.4 is 5.73 Å². The first-order chi connectivity index (χ1) is 10.6. The molecule has 2 aliphatic rings.